The lowest BCUT2D eigenvalue weighted by molar-refractivity contribution is -0.384. The standard InChI is InChI=1S/C16H8F5NO6/c1-27-15(23)6-2-7(4-8(3-6)22(25)26)16(24)28-5-9-10(17)12(19)14(21)13(20)11(9)18/h2-4H,5H2,1H3. The Bertz CT molecular complexity index is 965. The normalized spacial score (nSPS) is 10.5. The summed E-state index contributed by atoms with van der Waals surface area (Å²) in [4.78, 5) is 33.5. The maximum atomic E-state index is 13.6. The monoisotopic (exact) mass is 405 g/mol. The number of halogens is 5. The predicted molar refractivity (Wildman–Crippen MR) is 79.8 cm³/mol. The van der Waals surface area contributed by atoms with Gasteiger partial charge in [0.25, 0.3) is 5.69 Å². The Hall–Kier alpha value is -3.57. The van der Waals surface area contributed by atoms with Gasteiger partial charge in [0, 0.05) is 12.1 Å². The number of non-ortho nitro benzene ring substituents is 1. The van der Waals surface area contributed by atoms with Gasteiger partial charge in [0.05, 0.1) is 28.7 Å². The highest BCUT2D eigenvalue weighted by atomic mass is 19.2. The summed E-state index contributed by atoms with van der Waals surface area (Å²) >= 11 is 0. The van der Waals surface area contributed by atoms with E-state index in [9.17, 15) is 41.7 Å². The van der Waals surface area contributed by atoms with E-state index in [-0.39, 0.29) is 0 Å². The first kappa shape index (κ1) is 20.7. The number of nitrogens with zero attached hydrogens (tertiary/aromatic N) is 1. The zero-order valence-electron chi connectivity index (χ0n) is 13.7. The minimum absolute atomic E-state index is 0.403. The number of methoxy groups -OCH3 is 1. The Labute approximate surface area is 152 Å². The SMILES string of the molecule is COC(=O)c1cc(C(=O)OCc2c(F)c(F)c(F)c(F)c2F)cc([N+](=O)[O-])c1. The van der Waals surface area contributed by atoms with Crippen molar-refractivity contribution in [2.24, 2.45) is 0 Å². The fourth-order valence-corrected chi connectivity index (χ4v) is 2.07. The molecule has 0 unspecified atom stereocenters. The second-order valence-corrected chi connectivity index (χ2v) is 5.14. The van der Waals surface area contributed by atoms with Crippen molar-refractivity contribution in [1.29, 1.82) is 0 Å². The Morgan fingerprint density at radius 1 is 0.893 bits per heavy atom. The van der Waals surface area contributed by atoms with Gasteiger partial charge in [-0.1, -0.05) is 0 Å². The molecular formula is C16H8F5NO6. The first-order valence-corrected chi connectivity index (χ1v) is 7.13. The fraction of sp³-hybridized carbons (Fsp3) is 0.125. The van der Waals surface area contributed by atoms with Gasteiger partial charge in [-0.15, -0.1) is 0 Å². The van der Waals surface area contributed by atoms with Crippen LogP contribution >= 0.6 is 0 Å². The first-order chi connectivity index (χ1) is 13.1. The Balaban J connectivity index is 2.35. The predicted octanol–water partition coefficient (Wildman–Crippen LogP) is 3.43. The molecule has 0 amide bonds. The highest BCUT2D eigenvalue weighted by Gasteiger charge is 2.27. The number of hydrogen-bond donors (Lipinski definition) is 0. The molecule has 2 aromatic rings. The molecule has 7 nitrogen and oxygen atoms in total. The molecule has 0 aliphatic rings. The van der Waals surface area contributed by atoms with Crippen molar-refractivity contribution in [2.75, 3.05) is 7.11 Å². The van der Waals surface area contributed by atoms with Crippen LogP contribution in [-0.4, -0.2) is 24.0 Å². The summed E-state index contributed by atoms with van der Waals surface area (Å²) in [5, 5.41) is 10.9. The third kappa shape index (κ3) is 3.89. The maximum Gasteiger partial charge on any atom is 0.338 e. The average Bonchev–Trinajstić information content (AvgIpc) is 2.69. The number of nitro groups is 1. The lowest BCUT2D eigenvalue weighted by Crippen LogP contribution is -2.13. The van der Waals surface area contributed by atoms with E-state index in [1.165, 1.54) is 0 Å². The lowest BCUT2D eigenvalue weighted by atomic mass is 10.1. The molecule has 2 aromatic carbocycles. The average molecular weight is 405 g/mol. The molecule has 0 aromatic heterocycles. The smallest absolute Gasteiger partial charge is 0.338 e. The van der Waals surface area contributed by atoms with Gasteiger partial charge in [-0.3, -0.25) is 10.1 Å². The summed E-state index contributed by atoms with van der Waals surface area (Å²) in [7, 11) is 0.975. The summed E-state index contributed by atoms with van der Waals surface area (Å²) in [5.74, 6) is -13.7. The molecule has 0 aliphatic heterocycles. The van der Waals surface area contributed by atoms with E-state index < -0.39 is 74.9 Å². The van der Waals surface area contributed by atoms with Crippen LogP contribution in [0.25, 0.3) is 0 Å². The first-order valence-electron chi connectivity index (χ1n) is 7.13. The molecule has 0 saturated carbocycles. The highest BCUT2D eigenvalue weighted by molar-refractivity contribution is 5.96. The van der Waals surface area contributed by atoms with Crippen LogP contribution in [0.5, 0.6) is 0 Å². The Morgan fingerprint density at radius 2 is 1.36 bits per heavy atom. The summed E-state index contributed by atoms with van der Waals surface area (Å²) in [6.45, 7) is -1.36. The molecule has 0 saturated heterocycles. The minimum Gasteiger partial charge on any atom is -0.465 e. The van der Waals surface area contributed by atoms with E-state index in [0.29, 0.717) is 6.07 Å². The van der Waals surface area contributed by atoms with E-state index in [1.807, 2.05) is 0 Å². The summed E-state index contributed by atoms with van der Waals surface area (Å²) in [5.41, 5.74) is -3.10. The van der Waals surface area contributed by atoms with Crippen molar-refractivity contribution in [3.05, 3.63) is 74.1 Å². The second-order valence-electron chi connectivity index (χ2n) is 5.14. The van der Waals surface area contributed by atoms with Crippen LogP contribution in [0.15, 0.2) is 18.2 Å². The quantitative estimate of drug-likeness (QED) is 0.189. The highest BCUT2D eigenvalue weighted by Crippen LogP contribution is 2.24. The van der Waals surface area contributed by atoms with Crippen molar-refractivity contribution >= 4 is 17.6 Å². The molecule has 0 bridgehead atoms. The molecule has 148 valence electrons. The number of carbonyl (C=O) groups is 2. The molecule has 0 spiro atoms. The molecule has 0 N–H and O–H groups in total. The molecule has 28 heavy (non-hydrogen) atoms. The third-order valence-electron chi connectivity index (χ3n) is 3.43. The van der Waals surface area contributed by atoms with Gasteiger partial charge in [0.1, 0.15) is 6.61 Å². The molecule has 0 radical (unpaired) electrons. The maximum absolute atomic E-state index is 13.6. The molecule has 12 heteroatoms. The van der Waals surface area contributed by atoms with E-state index in [4.69, 9.17) is 0 Å². The largest absolute Gasteiger partial charge is 0.465 e. The second kappa shape index (κ2) is 7.98. The van der Waals surface area contributed by atoms with Crippen LogP contribution in [0.3, 0.4) is 0 Å². The van der Waals surface area contributed by atoms with Gasteiger partial charge in [0.2, 0.25) is 5.82 Å². The Kier molecular flexibility index (Phi) is 5.91. The number of rotatable bonds is 5. The van der Waals surface area contributed by atoms with Crippen molar-refractivity contribution in [3.8, 4) is 0 Å². The zero-order chi connectivity index (χ0) is 21.2. The number of esters is 2. The van der Waals surface area contributed by atoms with Crippen molar-refractivity contribution < 1.29 is 45.9 Å². The molecule has 0 aliphatic carbocycles. The molecule has 0 atom stereocenters. The van der Waals surface area contributed by atoms with Gasteiger partial charge < -0.3 is 9.47 Å². The summed E-state index contributed by atoms with van der Waals surface area (Å²) in [6.07, 6.45) is 0. The Morgan fingerprint density at radius 3 is 1.82 bits per heavy atom. The van der Waals surface area contributed by atoms with E-state index in [0.717, 1.165) is 19.2 Å². The summed E-state index contributed by atoms with van der Waals surface area (Å²) in [6, 6.07) is 2.32. The third-order valence-corrected chi connectivity index (χ3v) is 3.43. The van der Waals surface area contributed by atoms with Gasteiger partial charge >= 0.3 is 11.9 Å². The van der Waals surface area contributed by atoms with Gasteiger partial charge in [-0.2, -0.15) is 0 Å². The van der Waals surface area contributed by atoms with E-state index in [2.05, 4.69) is 9.47 Å². The number of ether oxygens (including phenoxy) is 2. The number of hydrogen-bond acceptors (Lipinski definition) is 6. The van der Waals surface area contributed by atoms with Crippen LogP contribution in [0.4, 0.5) is 27.6 Å². The molecule has 2 rings (SSSR count). The van der Waals surface area contributed by atoms with E-state index >= 15 is 0 Å². The van der Waals surface area contributed by atoms with Crippen LogP contribution < -0.4 is 0 Å². The topological polar surface area (TPSA) is 95.7 Å². The minimum atomic E-state index is -2.38. The van der Waals surface area contributed by atoms with E-state index in [1.54, 1.807) is 0 Å². The van der Waals surface area contributed by atoms with Crippen LogP contribution in [0.2, 0.25) is 0 Å². The molecule has 0 heterocycles. The number of nitro benzene ring substituents is 1. The van der Waals surface area contributed by atoms with Gasteiger partial charge in [-0.25, -0.2) is 31.5 Å². The van der Waals surface area contributed by atoms with Gasteiger partial charge in [0.15, 0.2) is 23.3 Å². The number of benzene rings is 2. The fourth-order valence-electron chi connectivity index (χ4n) is 2.07. The van der Waals surface area contributed by atoms with Crippen LogP contribution in [-0.2, 0) is 16.1 Å². The molecular weight excluding hydrogens is 397 g/mol. The summed E-state index contributed by atoms with van der Waals surface area (Å²) < 4.78 is 75.3. The number of carbonyl (C=O) groups excluding carboxylic acids is 2. The van der Waals surface area contributed by atoms with Crippen LogP contribution in [0.1, 0.15) is 26.3 Å². The van der Waals surface area contributed by atoms with Crippen molar-refractivity contribution in [3.63, 3.8) is 0 Å². The molecule has 0 fully saturated rings. The lowest BCUT2D eigenvalue weighted by Gasteiger charge is -2.10. The van der Waals surface area contributed by atoms with Crippen LogP contribution in [0, 0.1) is 39.2 Å². The van der Waals surface area contributed by atoms with Gasteiger partial charge in [-0.05, 0) is 6.07 Å². The van der Waals surface area contributed by atoms with Crippen molar-refractivity contribution in [2.45, 2.75) is 6.61 Å². The van der Waals surface area contributed by atoms with Crippen molar-refractivity contribution in [1.82, 2.24) is 0 Å². The zero-order valence-corrected chi connectivity index (χ0v) is 13.7.